The largest absolute Gasteiger partial charge is 0.273 e. The van der Waals surface area contributed by atoms with Gasteiger partial charge in [0.15, 0.2) is 0 Å². The zero-order chi connectivity index (χ0) is 21.2. The van der Waals surface area contributed by atoms with Crippen molar-refractivity contribution < 1.29 is 9.59 Å². The molecule has 0 radical (unpaired) electrons. The summed E-state index contributed by atoms with van der Waals surface area (Å²) in [5, 5.41) is 9.23. The molecule has 152 valence electrons. The molecule has 0 heterocycles. The molecule has 0 aliphatic heterocycles. The van der Waals surface area contributed by atoms with Crippen molar-refractivity contribution in [2.24, 2.45) is 10.2 Å². The van der Waals surface area contributed by atoms with Crippen LogP contribution in [0.5, 0.6) is 0 Å². The Hall–Kier alpha value is -2.70. The first-order valence-electron chi connectivity index (χ1n) is 9.04. The van der Waals surface area contributed by atoms with E-state index in [1.807, 2.05) is 36.4 Å². The zero-order valence-electron chi connectivity index (χ0n) is 16.2. The number of carbonyl (C=O) groups excluding carboxylic acids is 2. The first-order valence-corrected chi connectivity index (χ1v) is 9.80. The van der Waals surface area contributed by atoms with Crippen LogP contribution in [-0.2, 0) is 9.59 Å². The van der Waals surface area contributed by atoms with Crippen LogP contribution < -0.4 is 10.9 Å². The van der Waals surface area contributed by atoms with Crippen molar-refractivity contribution >= 4 is 46.4 Å². The number of nitrogens with zero attached hydrogens (tertiary/aromatic N) is 2. The van der Waals surface area contributed by atoms with Gasteiger partial charge in [0.1, 0.15) is 0 Å². The Kier molecular flexibility index (Phi) is 8.83. The molecule has 2 aromatic carbocycles. The molecule has 0 unspecified atom stereocenters. The highest BCUT2D eigenvalue weighted by Crippen LogP contribution is 2.16. The number of hydrogen-bond donors (Lipinski definition) is 2. The van der Waals surface area contributed by atoms with Crippen LogP contribution in [0.1, 0.15) is 44.2 Å². The van der Waals surface area contributed by atoms with E-state index in [4.69, 9.17) is 23.2 Å². The van der Waals surface area contributed by atoms with Crippen molar-refractivity contribution in [3.63, 3.8) is 0 Å². The molecule has 0 atom stereocenters. The highest BCUT2D eigenvalue weighted by Gasteiger charge is 2.07. The third-order valence-electron chi connectivity index (χ3n) is 4.03. The second-order valence-corrected chi connectivity index (χ2v) is 7.09. The molecule has 2 rings (SSSR count). The van der Waals surface area contributed by atoms with E-state index in [9.17, 15) is 9.59 Å². The fourth-order valence-corrected chi connectivity index (χ4v) is 2.99. The zero-order valence-corrected chi connectivity index (χ0v) is 17.7. The van der Waals surface area contributed by atoms with E-state index in [0.717, 1.165) is 11.1 Å². The normalized spacial score (nSPS) is 11.9. The van der Waals surface area contributed by atoms with Gasteiger partial charge in [-0.05, 0) is 32.4 Å². The average Bonchev–Trinajstić information content (AvgIpc) is 2.71. The number of rotatable bonds is 8. The summed E-state index contributed by atoms with van der Waals surface area (Å²) in [6.45, 7) is 3.52. The van der Waals surface area contributed by atoms with E-state index < -0.39 is 0 Å². The van der Waals surface area contributed by atoms with Gasteiger partial charge in [-0.3, -0.25) is 9.59 Å². The molecule has 0 fully saturated rings. The summed E-state index contributed by atoms with van der Waals surface area (Å²) in [7, 11) is 0. The maximum Gasteiger partial charge on any atom is 0.240 e. The second-order valence-electron chi connectivity index (χ2n) is 6.28. The Labute approximate surface area is 180 Å². The van der Waals surface area contributed by atoms with Crippen molar-refractivity contribution in [2.75, 3.05) is 0 Å². The van der Waals surface area contributed by atoms with Crippen LogP contribution in [0.4, 0.5) is 0 Å². The highest BCUT2D eigenvalue weighted by atomic mass is 35.5. The third-order valence-corrected chi connectivity index (χ3v) is 4.69. The van der Waals surface area contributed by atoms with E-state index >= 15 is 0 Å². The van der Waals surface area contributed by atoms with Gasteiger partial charge in [0, 0.05) is 34.0 Å². The predicted molar refractivity (Wildman–Crippen MR) is 117 cm³/mol. The summed E-state index contributed by atoms with van der Waals surface area (Å²) < 4.78 is 0. The lowest BCUT2D eigenvalue weighted by Crippen LogP contribution is -2.22. The number of hydrazone groups is 2. The minimum absolute atomic E-state index is 0.167. The lowest BCUT2D eigenvalue weighted by Gasteiger charge is -2.05. The van der Waals surface area contributed by atoms with Gasteiger partial charge in [0.2, 0.25) is 11.8 Å². The van der Waals surface area contributed by atoms with Gasteiger partial charge >= 0.3 is 0 Å². The van der Waals surface area contributed by atoms with Crippen LogP contribution in [0.3, 0.4) is 0 Å². The summed E-state index contributed by atoms with van der Waals surface area (Å²) in [4.78, 5) is 23.8. The molecule has 0 aliphatic carbocycles. The van der Waals surface area contributed by atoms with Crippen LogP contribution in [0, 0.1) is 0 Å². The van der Waals surface area contributed by atoms with Crippen LogP contribution in [0.15, 0.2) is 58.7 Å². The predicted octanol–water partition coefficient (Wildman–Crippen LogP) is 4.54. The number of carbonyl (C=O) groups is 2. The molecule has 2 aromatic rings. The smallest absolute Gasteiger partial charge is 0.240 e. The quantitative estimate of drug-likeness (QED) is 0.473. The van der Waals surface area contributed by atoms with E-state index in [1.165, 1.54) is 0 Å². The molecule has 2 N–H and O–H groups in total. The lowest BCUT2D eigenvalue weighted by atomic mass is 10.1. The van der Waals surface area contributed by atoms with E-state index in [2.05, 4.69) is 21.1 Å². The number of benzene rings is 2. The van der Waals surface area contributed by atoms with Gasteiger partial charge in [-0.15, -0.1) is 0 Å². The minimum atomic E-state index is -0.278. The molecule has 8 heteroatoms. The first kappa shape index (κ1) is 22.6. The number of hydrogen-bond acceptors (Lipinski definition) is 4. The monoisotopic (exact) mass is 432 g/mol. The van der Waals surface area contributed by atoms with E-state index in [-0.39, 0.29) is 24.7 Å². The van der Waals surface area contributed by atoms with E-state index in [1.54, 1.807) is 26.0 Å². The van der Waals surface area contributed by atoms with Crippen molar-refractivity contribution in [3.8, 4) is 0 Å². The molecule has 0 saturated carbocycles. The molecule has 0 spiro atoms. The summed E-state index contributed by atoms with van der Waals surface area (Å²) >= 11 is 12.2. The molecule has 0 saturated heterocycles. The molecular formula is C21H22Cl2N4O2. The van der Waals surface area contributed by atoms with Crippen molar-refractivity contribution in [1.82, 2.24) is 10.9 Å². The Balaban J connectivity index is 1.75. The maximum atomic E-state index is 11.9. The molecule has 6 nitrogen and oxygen atoms in total. The van der Waals surface area contributed by atoms with Crippen LogP contribution in [0.25, 0.3) is 0 Å². The van der Waals surface area contributed by atoms with Gasteiger partial charge in [-0.1, -0.05) is 59.6 Å². The van der Waals surface area contributed by atoms with Crippen molar-refractivity contribution in [2.45, 2.75) is 33.1 Å². The molecule has 0 aromatic heterocycles. The van der Waals surface area contributed by atoms with Crippen LogP contribution >= 0.6 is 23.2 Å². The second kappa shape index (κ2) is 11.3. The molecule has 29 heavy (non-hydrogen) atoms. The number of halogens is 2. The number of nitrogens with one attached hydrogen (secondary N) is 2. The lowest BCUT2D eigenvalue weighted by molar-refractivity contribution is -0.122. The standard InChI is InChI=1S/C21H22Cl2N4O2/c1-14(16-8-3-5-10-18(16)22)24-26-20(28)12-7-13-21(29)27-25-15(2)17-9-4-6-11-19(17)23/h3-6,8-11H,7,12-13H2,1-2H3,(H,26,28)(H,27,29). The summed E-state index contributed by atoms with van der Waals surface area (Å²) in [6.07, 6.45) is 0.707. The van der Waals surface area contributed by atoms with Gasteiger partial charge in [0.05, 0.1) is 11.4 Å². The van der Waals surface area contributed by atoms with Gasteiger partial charge in [-0.2, -0.15) is 10.2 Å². The summed E-state index contributed by atoms with van der Waals surface area (Å²) in [5.41, 5.74) is 7.66. The molecular weight excluding hydrogens is 411 g/mol. The third kappa shape index (κ3) is 7.33. The molecule has 0 bridgehead atoms. The molecule has 2 amide bonds. The Bertz CT molecular complexity index is 866. The topological polar surface area (TPSA) is 82.9 Å². The van der Waals surface area contributed by atoms with Gasteiger partial charge in [-0.25, -0.2) is 10.9 Å². The fraction of sp³-hybridized carbons (Fsp3) is 0.238. The van der Waals surface area contributed by atoms with E-state index in [0.29, 0.717) is 27.9 Å². The minimum Gasteiger partial charge on any atom is -0.273 e. The molecule has 0 aliphatic rings. The maximum absolute atomic E-state index is 11.9. The van der Waals surface area contributed by atoms with Gasteiger partial charge < -0.3 is 0 Å². The summed E-state index contributed by atoms with van der Waals surface area (Å²) in [6, 6.07) is 14.5. The summed E-state index contributed by atoms with van der Waals surface area (Å²) in [5.74, 6) is -0.556. The van der Waals surface area contributed by atoms with Crippen LogP contribution in [0.2, 0.25) is 10.0 Å². The highest BCUT2D eigenvalue weighted by molar-refractivity contribution is 6.34. The Morgan fingerprint density at radius 2 is 1.14 bits per heavy atom. The van der Waals surface area contributed by atoms with Crippen LogP contribution in [-0.4, -0.2) is 23.2 Å². The first-order chi connectivity index (χ1) is 13.9. The van der Waals surface area contributed by atoms with Gasteiger partial charge in [0.25, 0.3) is 0 Å². The Morgan fingerprint density at radius 1 is 0.759 bits per heavy atom. The SMILES string of the molecule is CC(=NNC(=O)CCCC(=O)NN=C(C)c1ccccc1Cl)c1ccccc1Cl. The average molecular weight is 433 g/mol. The Morgan fingerprint density at radius 3 is 1.52 bits per heavy atom. The van der Waals surface area contributed by atoms with Crippen molar-refractivity contribution in [3.05, 3.63) is 69.7 Å². The van der Waals surface area contributed by atoms with Crippen molar-refractivity contribution in [1.29, 1.82) is 0 Å². The fourth-order valence-electron chi connectivity index (χ4n) is 2.44. The number of amides is 2.